The van der Waals surface area contributed by atoms with Gasteiger partial charge in [-0.1, -0.05) is 20.3 Å². The third-order valence-electron chi connectivity index (χ3n) is 5.98. The maximum atomic E-state index is 13.1. The van der Waals surface area contributed by atoms with Gasteiger partial charge >= 0.3 is 11.9 Å². The summed E-state index contributed by atoms with van der Waals surface area (Å²) in [5, 5.41) is 26.0. The molecule has 15 heteroatoms. The molecule has 0 aromatic carbocycles. The number of carboxylic acid groups (broad SMARTS) is 2. The van der Waals surface area contributed by atoms with Crippen molar-refractivity contribution in [3.63, 3.8) is 0 Å². The maximum Gasteiger partial charge on any atom is 0.326 e. The lowest BCUT2D eigenvalue weighted by molar-refractivity contribution is -0.142. The van der Waals surface area contributed by atoms with Gasteiger partial charge in [-0.05, 0) is 51.0 Å². The van der Waals surface area contributed by atoms with E-state index < -0.39 is 60.2 Å². The lowest BCUT2D eigenvalue weighted by atomic mass is 9.98. The van der Waals surface area contributed by atoms with Gasteiger partial charge < -0.3 is 49.1 Å². The second kappa shape index (κ2) is 18.7. The van der Waals surface area contributed by atoms with E-state index in [1.54, 1.807) is 6.92 Å². The van der Waals surface area contributed by atoms with Crippen molar-refractivity contribution in [1.82, 2.24) is 16.0 Å². The van der Waals surface area contributed by atoms with Crippen molar-refractivity contribution in [2.45, 2.75) is 89.4 Å². The molecule has 0 saturated carbocycles. The first-order valence-electron chi connectivity index (χ1n) is 12.7. The maximum absolute atomic E-state index is 13.1. The Bertz CT molecular complexity index is 820. The van der Waals surface area contributed by atoms with Crippen molar-refractivity contribution in [3.8, 4) is 0 Å². The average molecular weight is 545 g/mol. The van der Waals surface area contributed by atoms with Gasteiger partial charge in [0.2, 0.25) is 17.7 Å². The number of nitrogens with one attached hydrogen (secondary N) is 3. The van der Waals surface area contributed by atoms with Crippen LogP contribution in [0.2, 0.25) is 0 Å². The second-order valence-electron chi connectivity index (χ2n) is 9.10. The summed E-state index contributed by atoms with van der Waals surface area (Å²) in [6.07, 6.45) is 1.39. The van der Waals surface area contributed by atoms with E-state index in [-0.39, 0.29) is 44.1 Å². The van der Waals surface area contributed by atoms with E-state index in [0.29, 0.717) is 25.8 Å². The lowest BCUT2D eigenvalue weighted by Gasteiger charge is -2.26. The fourth-order valence-electron chi connectivity index (χ4n) is 3.38. The molecule has 5 unspecified atom stereocenters. The van der Waals surface area contributed by atoms with Crippen LogP contribution in [0.25, 0.3) is 0 Å². The smallest absolute Gasteiger partial charge is 0.326 e. The lowest BCUT2D eigenvalue weighted by Crippen LogP contribution is -2.57. The number of hydrogen-bond acceptors (Lipinski definition) is 8. The molecular formula is C23H44N8O7. The summed E-state index contributed by atoms with van der Waals surface area (Å²) in [4.78, 5) is 65.3. The fraction of sp³-hybridized carbons (Fsp3) is 0.739. The standard InChI is InChI=1S/C23H44N8O7/c1-3-13(2)18(25)21(36)30-15(9-10-17(32)33)20(35)29-14(8-6-12-28-23(26)27)19(34)31-16(22(37)38)7-4-5-11-24/h13-16,18H,3-12,24-25H2,1-2H3,(H,29,35)(H,30,36)(H,31,34)(H,32,33)(H,37,38)(H4,26,27,28). The summed E-state index contributed by atoms with van der Waals surface area (Å²) in [6.45, 7) is 4.12. The number of aliphatic carboxylic acids is 2. The first kappa shape index (κ1) is 34.5. The number of carbonyl (C=O) groups is 5. The van der Waals surface area contributed by atoms with Crippen molar-refractivity contribution < 1.29 is 34.2 Å². The van der Waals surface area contributed by atoms with Crippen LogP contribution in [0.1, 0.15) is 65.2 Å². The van der Waals surface area contributed by atoms with Crippen LogP contribution in [0.5, 0.6) is 0 Å². The molecule has 0 spiro atoms. The van der Waals surface area contributed by atoms with E-state index >= 15 is 0 Å². The number of carboxylic acids is 2. The molecule has 38 heavy (non-hydrogen) atoms. The van der Waals surface area contributed by atoms with E-state index in [9.17, 15) is 29.1 Å². The Morgan fingerprint density at radius 1 is 0.816 bits per heavy atom. The van der Waals surface area contributed by atoms with E-state index in [0.717, 1.165) is 0 Å². The summed E-state index contributed by atoms with van der Waals surface area (Å²) in [7, 11) is 0. The van der Waals surface area contributed by atoms with Gasteiger partial charge in [0, 0.05) is 13.0 Å². The van der Waals surface area contributed by atoms with Gasteiger partial charge in [0.25, 0.3) is 0 Å². The first-order chi connectivity index (χ1) is 17.8. The van der Waals surface area contributed by atoms with Crippen molar-refractivity contribution in [2.75, 3.05) is 13.1 Å². The topological polar surface area (TPSA) is 278 Å². The molecule has 13 N–H and O–H groups in total. The SMILES string of the molecule is CCC(C)C(N)C(=O)NC(CCC(=O)O)C(=O)NC(CCCN=C(N)N)C(=O)NC(CCCCN)C(=O)O. The highest BCUT2D eigenvalue weighted by atomic mass is 16.4. The minimum atomic E-state index is -1.29. The van der Waals surface area contributed by atoms with Gasteiger partial charge in [-0.3, -0.25) is 24.2 Å². The van der Waals surface area contributed by atoms with Crippen molar-refractivity contribution in [1.29, 1.82) is 0 Å². The third kappa shape index (κ3) is 14.3. The average Bonchev–Trinajstić information content (AvgIpc) is 2.85. The number of unbranched alkanes of at least 4 members (excludes halogenated alkanes) is 1. The van der Waals surface area contributed by atoms with Crippen LogP contribution < -0.4 is 38.9 Å². The Kier molecular flexibility index (Phi) is 17.0. The highest BCUT2D eigenvalue weighted by Gasteiger charge is 2.31. The van der Waals surface area contributed by atoms with E-state index in [1.807, 2.05) is 6.92 Å². The van der Waals surface area contributed by atoms with Crippen LogP contribution >= 0.6 is 0 Å². The Morgan fingerprint density at radius 2 is 1.34 bits per heavy atom. The van der Waals surface area contributed by atoms with Gasteiger partial charge in [0.15, 0.2) is 5.96 Å². The van der Waals surface area contributed by atoms with Gasteiger partial charge in [0.05, 0.1) is 6.04 Å². The summed E-state index contributed by atoms with van der Waals surface area (Å²) in [5.41, 5.74) is 22.0. The predicted molar refractivity (Wildman–Crippen MR) is 141 cm³/mol. The molecule has 0 heterocycles. The summed E-state index contributed by atoms with van der Waals surface area (Å²) in [6, 6.07) is -4.63. The zero-order valence-electron chi connectivity index (χ0n) is 22.2. The quantitative estimate of drug-likeness (QED) is 0.0456. The summed E-state index contributed by atoms with van der Waals surface area (Å²) >= 11 is 0. The zero-order chi connectivity index (χ0) is 29.3. The number of amides is 3. The summed E-state index contributed by atoms with van der Waals surface area (Å²) < 4.78 is 0. The molecule has 0 aliphatic heterocycles. The van der Waals surface area contributed by atoms with Crippen LogP contribution in [0.3, 0.4) is 0 Å². The van der Waals surface area contributed by atoms with Gasteiger partial charge in [-0.2, -0.15) is 0 Å². The number of nitrogens with zero attached hydrogens (tertiary/aromatic N) is 1. The first-order valence-corrected chi connectivity index (χ1v) is 12.7. The van der Waals surface area contributed by atoms with Crippen LogP contribution in [-0.4, -0.2) is 83.1 Å². The third-order valence-corrected chi connectivity index (χ3v) is 5.98. The Morgan fingerprint density at radius 3 is 1.84 bits per heavy atom. The normalized spacial score (nSPS) is 14.7. The molecule has 0 saturated heterocycles. The van der Waals surface area contributed by atoms with Crippen LogP contribution in [-0.2, 0) is 24.0 Å². The summed E-state index contributed by atoms with van der Waals surface area (Å²) in [5.74, 6) is -4.99. The molecule has 3 amide bonds. The minimum Gasteiger partial charge on any atom is -0.481 e. The Balaban J connectivity index is 5.71. The van der Waals surface area contributed by atoms with Crippen LogP contribution in [0.15, 0.2) is 4.99 Å². The fourth-order valence-corrected chi connectivity index (χ4v) is 3.38. The largest absolute Gasteiger partial charge is 0.481 e. The number of carbonyl (C=O) groups excluding carboxylic acids is 3. The molecule has 0 bridgehead atoms. The molecular weight excluding hydrogens is 500 g/mol. The predicted octanol–water partition coefficient (Wildman–Crippen LogP) is -2.05. The Hall–Kier alpha value is -3.46. The molecule has 0 aromatic heterocycles. The molecule has 0 aromatic rings. The molecule has 0 radical (unpaired) electrons. The molecule has 218 valence electrons. The molecule has 0 rings (SSSR count). The number of hydrogen-bond donors (Lipinski definition) is 9. The molecule has 5 atom stereocenters. The van der Waals surface area contributed by atoms with Crippen molar-refractivity contribution in [3.05, 3.63) is 0 Å². The molecule has 0 aliphatic rings. The number of nitrogens with two attached hydrogens (primary N) is 4. The number of guanidine groups is 1. The number of aliphatic imine (C=N–C) groups is 1. The van der Waals surface area contributed by atoms with E-state index in [1.165, 1.54) is 0 Å². The van der Waals surface area contributed by atoms with Gasteiger partial charge in [0.1, 0.15) is 18.1 Å². The monoisotopic (exact) mass is 544 g/mol. The van der Waals surface area contributed by atoms with E-state index in [2.05, 4.69) is 20.9 Å². The van der Waals surface area contributed by atoms with Crippen molar-refractivity contribution >= 4 is 35.6 Å². The molecule has 0 aliphatic carbocycles. The highest BCUT2D eigenvalue weighted by Crippen LogP contribution is 2.09. The highest BCUT2D eigenvalue weighted by molar-refractivity contribution is 5.94. The van der Waals surface area contributed by atoms with Gasteiger partial charge in [-0.25, -0.2) is 4.79 Å². The van der Waals surface area contributed by atoms with Crippen LogP contribution in [0, 0.1) is 5.92 Å². The minimum absolute atomic E-state index is 0.0372. The van der Waals surface area contributed by atoms with E-state index in [4.69, 9.17) is 28.0 Å². The molecule has 0 fully saturated rings. The number of rotatable bonds is 20. The Labute approximate surface area is 222 Å². The van der Waals surface area contributed by atoms with Gasteiger partial charge in [-0.15, -0.1) is 0 Å². The molecule has 15 nitrogen and oxygen atoms in total. The second-order valence-corrected chi connectivity index (χ2v) is 9.10. The van der Waals surface area contributed by atoms with Crippen LogP contribution in [0.4, 0.5) is 0 Å². The van der Waals surface area contributed by atoms with Crippen molar-refractivity contribution in [2.24, 2.45) is 33.8 Å². The zero-order valence-corrected chi connectivity index (χ0v) is 22.2.